The molecule has 1 atom stereocenters. The summed E-state index contributed by atoms with van der Waals surface area (Å²) in [6.07, 6.45) is 0.654. The molecule has 0 bridgehead atoms. The van der Waals surface area contributed by atoms with Crippen LogP contribution in [0.3, 0.4) is 0 Å². The Bertz CT molecular complexity index is 585. The first-order valence-electron chi connectivity index (χ1n) is 6.17. The number of thioether (sulfide) groups is 1. The van der Waals surface area contributed by atoms with Gasteiger partial charge < -0.3 is 10.9 Å². The number of nitrogens with two attached hydrogens (primary N) is 1. The standard InChI is InChI=1S/C13H16N4O2S/c1-9(10-5-3-2-4-6-10)7-11-15-16-13(17(11)14)20-8-12(18)19/h2-6,9H,7-8,14H2,1H3,(H,18,19)/t9-/m0/s1. The molecule has 7 heteroatoms. The molecular formula is C13H16N4O2S. The number of nitrogens with zero attached hydrogens (tertiary/aromatic N) is 3. The van der Waals surface area contributed by atoms with Gasteiger partial charge in [0.05, 0.1) is 5.75 Å². The number of aliphatic carboxylic acids is 1. The molecule has 0 radical (unpaired) electrons. The zero-order valence-electron chi connectivity index (χ0n) is 11.1. The van der Waals surface area contributed by atoms with E-state index < -0.39 is 5.97 Å². The second-order valence-corrected chi connectivity index (χ2v) is 5.41. The summed E-state index contributed by atoms with van der Waals surface area (Å²) in [5.41, 5.74) is 1.20. The van der Waals surface area contributed by atoms with Crippen LogP contribution in [0, 0.1) is 0 Å². The maximum absolute atomic E-state index is 10.5. The van der Waals surface area contributed by atoms with Crippen molar-refractivity contribution in [3.63, 3.8) is 0 Å². The topological polar surface area (TPSA) is 94.0 Å². The van der Waals surface area contributed by atoms with Crippen molar-refractivity contribution in [2.75, 3.05) is 11.6 Å². The minimum absolute atomic E-state index is 0.0798. The van der Waals surface area contributed by atoms with E-state index in [1.54, 1.807) is 0 Å². The molecule has 0 saturated heterocycles. The normalized spacial score (nSPS) is 12.2. The molecule has 1 aromatic heterocycles. The van der Waals surface area contributed by atoms with E-state index in [1.165, 1.54) is 10.2 Å². The zero-order chi connectivity index (χ0) is 14.5. The van der Waals surface area contributed by atoms with Crippen molar-refractivity contribution in [3.8, 4) is 0 Å². The van der Waals surface area contributed by atoms with Crippen LogP contribution in [0.4, 0.5) is 0 Å². The first-order chi connectivity index (χ1) is 9.58. The number of aromatic nitrogens is 3. The monoisotopic (exact) mass is 292 g/mol. The maximum atomic E-state index is 10.5. The van der Waals surface area contributed by atoms with Crippen LogP contribution >= 0.6 is 11.8 Å². The number of carboxylic acids is 1. The van der Waals surface area contributed by atoms with Gasteiger partial charge in [-0.05, 0) is 11.5 Å². The minimum Gasteiger partial charge on any atom is -0.481 e. The summed E-state index contributed by atoms with van der Waals surface area (Å²) in [6, 6.07) is 10.1. The molecule has 2 aromatic rings. The smallest absolute Gasteiger partial charge is 0.313 e. The largest absolute Gasteiger partial charge is 0.481 e. The van der Waals surface area contributed by atoms with E-state index in [4.69, 9.17) is 10.9 Å². The molecule has 0 unspecified atom stereocenters. The second kappa shape index (κ2) is 6.42. The van der Waals surface area contributed by atoms with Crippen LogP contribution in [0.5, 0.6) is 0 Å². The van der Waals surface area contributed by atoms with Gasteiger partial charge in [-0.15, -0.1) is 10.2 Å². The van der Waals surface area contributed by atoms with Crippen LogP contribution in [0.25, 0.3) is 0 Å². The van der Waals surface area contributed by atoms with Gasteiger partial charge in [0.2, 0.25) is 5.16 Å². The number of carboxylic acid groups (broad SMARTS) is 1. The second-order valence-electron chi connectivity index (χ2n) is 4.47. The molecule has 0 aliphatic carbocycles. The van der Waals surface area contributed by atoms with Crippen LogP contribution in [0.1, 0.15) is 24.2 Å². The van der Waals surface area contributed by atoms with E-state index in [1.807, 2.05) is 18.2 Å². The van der Waals surface area contributed by atoms with E-state index in [-0.39, 0.29) is 11.7 Å². The summed E-state index contributed by atoms with van der Waals surface area (Å²) in [5, 5.41) is 17.0. The molecule has 0 amide bonds. The van der Waals surface area contributed by atoms with E-state index >= 15 is 0 Å². The highest BCUT2D eigenvalue weighted by atomic mass is 32.2. The van der Waals surface area contributed by atoms with Gasteiger partial charge in [-0.3, -0.25) is 4.79 Å². The average Bonchev–Trinajstić information content (AvgIpc) is 2.78. The Balaban J connectivity index is 2.05. The maximum Gasteiger partial charge on any atom is 0.313 e. The van der Waals surface area contributed by atoms with Crippen LogP contribution in [0.2, 0.25) is 0 Å². The predicted molar refractivity (Wildman–Crippen MR) is 77.1 cm³/mol. The fourth-order valence-corrected chi connectivity index (χ4v) is 2.44. The quantitative estimate of drug-likeness (QED) is 0.619. The summed E-state index contributed by atoms with van der Waals surface area (Å²) < 4.78 is 1.37. The Kier molecular flexibility index (Phi) is 4.62. The average molecular weight is 292 g/mol. The summed E-state index contributed by atoms with van der Waals surface area (Å²) >= 11 is 1.06. The van der Waals surface area contributed by atoms with Gasteiger partial charge in [0.25, 0.3) is 0 Å². The van der Waals surface area contributed by atoms with Gasteiger partial charge >= 0.3 is 5.97 Å². The lowest BCUT2D eigenvalue weighted by Gasteiger charge is -2.11. The number of carbonyl (C=O) groups is 1. The van der Waals surface area contributed by atoms with Crippen molar-refractivity contribution in [1.82, 2.24) is 14.9 Å². The molecule has 20 heavy (non-hydrogen) atoms. The summed E-state index contributed by atoms with van der Waals surface area (Å²) in [6.45, 7) is 2.09. The van der Waals surface area contributed by atoms with Crippen molar-refractivity contribution >= 4 is 17.7 Å². The van der Waals surface area contributed by atoms with Crippen LogP contribution in [0.15, 0.2) is 35.5 Å². The molecule has 1 aromatic carbocycles. The fourth-order valence-electron chi connectivity index (χ4n) is 1.84. The summed E-state index contributed by atoms with van der Waals surface area (Å²) in [4.78, 5) is 10.5. The molecule has 1 heterocycles. The molecule has 0 aliphatic rings. The molecular weight excluding hydrogens is 276 g/mol. The Morgan fingerprint density at radius 3 is 2.75 bits per heavy atom. The molecule has 0 spiro atoms. The highest BCUT2D eigenvalue weighted by molar-refractivity contribution is 7.99. The fraction of sp³-hybridized carbons (Fsp3) is 0.308. The lowest BCUT2D eigenvalue weighted by molar-refractivity contribution is -0.133. The lowest BCUT2D eigenvalue weighted by atomic mass is 9.98. The number of hydrogen-bond acceptors (Lipinski definition) is 5. The van der Waals surface area contributed by atoms with E-state index in [2.05, 4.69) is 29.3 Å². The van der Waals surface area contributed by atoms with Crippen molar-refractivity contribution in [2.24, 2.45) is 0 Å². The molecule has 6 nitrogen and oxygen atoms in total. The molecule has 0 aliphatic heterocycles. The molecule has 3 N–H and O–H groups in total. The molecule has 2 rings (SSSR count). The summed E-state index contributed by atoms with van der Waals surface area (Å²) in [5.74, 6) is 5.82. The molecule has 106 valence electrons. The number of rotatable bonds is 6. The van der Waals surface area contributed by atoms with Gasteiger partial charge in [0.15, 0.2) is 5.82 Å². The predicted octanol–water partition coefficient (Wildman–Crippen LogP) is 1.51. The third-order valence-corrected chi connectivity index (χ3v) is 3.85. The Morgan fingerprint density at radius 2 is 2.10 bits per heavy atom. The Labute approximate surface area is 121 Å². The number of benzene rings is 1. The van der Waals surface area contributed by atoms with E-state index in [0.717, 1.165) is 11.8 Å². The third kappa shape index (κ3) is 3.51. The highest BCUT2D eigenvalue weighted by Gasteiger charge is 2.15. The van der Waals surface area contributed by atoms with Crippen molar-refractivity contribution in [2.45, 2.75) is 24.4 Å². The van der Waals surface area contributed by atoms with Gasteiger partial charge in [-0.1, -0.05) is 49.0 Å². The van der Waals surface area contributed by atoms with E-state index in [0.29, 0.717) is 17.4 Å². The van der Waals surface area contributed by atoms with Crippen molar-refractivity contribution in [1.29, 1.82) is 0 Å². The Hall–Kier alpha value is -2.02. The Morgan fingerprint density at radius 1 is 1.40 bits per heavy atom. The van der Waals surface area contributed by atoms with Crippen LogP contribution in [-0.2, 0) is 11.2 Å². The highest BCUT2D eigenvalue weighted by Crippen LogP contribution is 2.21. The first kappa shape index (κ1) is 14.4. The number of hydrogen-bond donors (Lipinski definition) is 2. The molecule has 0 saturated carbocycles. The van der Waals surface area contributed by atoms with Gasteiger partial charge in [-0.25, -0.2) is 4.68 Å². The SMILES string of the molecule is C[C@@H](Cc1nnc(SCC(=O)O)n1N)c1ccccc1. The van der Waals surface area contributed by atoms with Crippen molar-refractivity contribution < 1.29 is 9.90 Å². The van der Waals surface area contributed by atoms with Crippen LogP contribution < -0.4 is 5.84 Å². The van der Waals surface area contributed by atoms with Gasteiger partial charge in [-0.2, -0.15) is 0 Å². The lowest BCUT2D eigenvalue weighted by Crippen LogP contribution is -2.16. The summed E-state index contributed by atoms with van der Waals surface area (Å²) in [7, 11) is 0. The number of nitrogen functional groups attached to an aromatic ring is 1. The first-order valence-corrected chi connectivity index (χ1v) is 7.15. The van der Waals surface area contributed by atoms with Gasteiger partial charge in [0.1, 0.15) is 0 Å². The zero-order valence-corrected chi connectivity index (χ0v) is 11.9. The van der Waals surface area contributed by atoms with E-state index in [9.17, 15) is 4.79 Å². The van der Waals surface area contributed by atoms with Crippen molar-refractivity contribution in [3.05, 3.63) is 41.7 Å². The molecule has 0 fully saturated rings. The third-order valence-electron chi connectivity index (χ3n) is 2.92. The minimum atomic E-state index is -0.905. The van der Waals surface area contributed by atoms with Gasteiger partial charge in [0, 0.05) is 6.42 Å². The van der Waals surface area contributed by atoms with Crippen LogP contribution in [-0.4, -0.2) is 31.7 Å².